The van der Waals surface area contributed by atoms with E-state index in [1.165, 1.54) is 0 Å². The van der Waals surface area contributed by atoms with Crippen molar-refractivity contribution in [3.05, 3.63) is 34.9 Å². The highest BCUT2D eigenvalue weighted by atomic mass is 35.5. The number of carbonyl (C=O) groups excluding carboxylic acids is 1. The molecular formula is C13H16ClNO. The van der Waals surface area contributed by atoms with Crippen LogP contribution < -0.4 is 0 Å². The van der Waals surface area contributed by atoms with Gasteiger partial charge in [0.2, 0.25) is 5.91 Å². The Kier molecular flexibility index (Phi) is 2.94. The summed E-state index contributed by atoms with van der Waals surface area (Å²) in [6.45, 7) is 2.74. The van der Waals surface area contributed by atoms with Gasteiger partial charge in [-0.3, -0.25) is 4.79 Å². The van der Waals surface area contributed by atoms with E-state index in [4.69, 9.17) is 11.6 Å². The van der Waals surface area contributed by atoms with Crippen LogP contribution in [0.15, 0.2) is 24.3 Å². The van der Waals surface area contributed by atoms with E-state index in [1.807, 2.05) is 38.2 Å². The zero-order chi connectivity index (χ0) is 11.8. The third-order valence-electron chi connectivity index (χ3n) is 3.36. The molecule has 0 saturated heterocycles. The van der Waals surface area contributed by atoms with Gasteiger partial charge in [0.25, 0.3) is 0 Å². The Labute approximate surface area is 101 Å². The Morgan fingerprint density at radius 3 is 2.69 bits per heavy atom. The van der Waals surface area contributed by atoms with Crippen molar-refractivity contribution < 1.29 is 4.79 Å². The van der Waals surface area contributed by atoms with Gasteiger partial charge in [0.05, 0.1) is 5.41 Å². The summed E-state index contributed by atoms with van der Waals surface area (Å²) >= 11 is 5.97. The molecule has 86 valence electrons. The number of amides is 1. The number of benzene rings is 1. The zero-order valence-corrected chi connectivity index (χ0v) is 10.4. The number of nitrogens with zero attached hydrogens (tertiary/aromatic N) is 1. The molecule has 0 unspecified atom stereocenters. The van der Waals surface area contributed by atoms with Crippen LogP contribution in [0, 0.1) is 0 Å². The van der Waals surface area contributed by atoms with Gasteiger partial charge in [0.1, 0.15) is 0 Å². The smallest absolute Gasteiger partial charge is 0.232 e. The SMILES string of the molecule is CCN(C)C(=O)C1(c2cccc(Cl)c2)CC1. The lowest BCUT2D eigenvalue weighted by Crippen LogP contribution is -2.36. The summed E-state index contributed by atoms with van der Waals surface area (Å²) in [5, 5.41) is 0.704. The topological polar surface area (TPSA) is 20.3 Å². The summed E-state index contributed by atoms with van der Waals surface area (Å²) < 4.78 is 0. The molecule has 0 aromatic heterocycles. The Bertz CT molecular complexity index is 412. The van der Waals surface area contributed by atoms with Crippen molar-refractivity contribution in [1.82, 2.24) is 4.90 Å². The monoisotopic (exact) mass is 237 g/mol. The maximum absolute atomic E-state index is 12.3. The molecule has 0 spiro atoms. The summed E-state index contributed by atoms with van der Waals surface area (Å²) in [5.74, 6) is 0.220. The molecule has 1 aromatic rings. The summed E-state index contributed by atoms with van der Waals surface area (Å²) in [4.78, 5) is 14.0. The second-order valence-corrected chi connectivity index (χ2v) is 4.85. The lowest BCUT2D eigenvalue weighted by atomic mass is 9.94. The van der Waals surface area contributed by atoms with Crippen LogP contribution in [0.1, 0.15) is 25.3 Å². The molecule has 0 N–H and O–H groups in total. The van der Waals surface area contributed by atoms with Gasteiger partial charge < -0.3 is 4.90 Å². The Morgan fingerprint density at radius 2 is 2.19 bits per heavy atom. The molecule has 1 aliphatic carbocycles. The molecule has 2 rings (SSSR count). The van der Waals surface area contributed by atoms with E-state index < -0.39 is 0 Å². The second-order valence-electron chi connectivity index (χ2n) is 4.41. The highest BCUT2D eigenvalue weighted by molar-refractivity contribution is 6.30. The minimum absolute atomic E-state index is 0.220. The first-order chi connectivity index (χ1) is 7.60. The van der Waals surface area contributed by atoms with E-state index in [0.717, 1.165) is 24.9 Å². The van der Waals surface area contributed by atoms with Crippen LogP contribution in [0.4, 0.5) is 0 Å². The molecule has 0 radical (unpaired) electrons. The molecule has 0 heterocycles. The molecule has 1 saturated carbocycles. The van der Waals surface area contributed by atoms with E-state index in [0.29, 0.717) is 5.02 Å². The van der Waals surface area contributed by atoms with E-state index in [9.17, 15) is 4.79 Å². The fraction of sp³-hybridized carbons (Fsp3) is 0.462. The average molecular weight is 238 g/mol. The molecule has 0 bridgehead atoms. The van der Waals surface area contributed by atoms with Gasteiger partial charge in [-0.05, 0) is 37.5 Å². The lowest BCUT2D eigenvalue weighted by Gasteiger charge is -2.22. The molecule has 1 aliphatic rings. The highest BCUT2D eigenvalue weighted by Gasteiger charge is 2.52. The molecule has 1 fully saturated rings. The van der Waals surface area contributed by atoms with Crippen molar-refractivity contribution in [2.24, 2.45) is 0 Å². The van der Waals surface area contributed by atoms with Gasteiger partial charge in [0, 0.05) is 18.6 Å². The molecular weight excluding hydrogens is 222 g/mol. The van der Waals surface area contributed by atoms with Gasteiger partial charge in [-0.2, -0.15) is 0 Å². The van der Waals surface area contributed by atoms with Crippen LogP contribution in [0.2, 0.25) is 5.02 Å². The molecule has 2 nitrogen and oxygen atoms in total. The molecule has 1 aromatic carbocycles. The van der Waals surface area contributed by atoms with Gasteiger partial charge in [-0.25, -0.2) is 0 Å². The average Bonchev–Trinajstić information content (AvgIpc) is 3.08. The summed E-state index contributed by atoms with van der Waals surface area (Å²) in [7, 11) is 1.85. The van der Waals surface area contributed by atoms with Crippen molar-refractivity contribution in [3.8, 4) is 0 Å². The predicted molar refractivity (Wildman–Crippen MR) is 65.7 cm³/mol. The second kappa shape index (κ2) is 4.10. The summed E-state index contributed by atoms with van der Waals surface area (Å²) in [5.41, 5.74) is 0.778. The fourth-order valence-electron chi connectivity index (χ4n) is 2.05. The molecule has 3 heteroatoms. The fourth-order valence-corrected chi connectivity index (χ4v) is 2.24. The third kappa shape index (κ3) is 1.82. The van der Waals surface area contributed by atoms with Crippen molar-refractivity contribution in [2.45, 2.75) is 25.2 Å². The maximum atomic E-state index is 12.3. The van der Waals surface area contributed by atoms with Crippen LogP contribution >= 0.6 is 11.6 Å². The maximum Gasteiger partial charge on any atom is 0.232 e. The van der Waals surface area contributed by atoms with Crippen LogP contribution in [0.5, 0.6) is 0 Å². The zero-order valence-electron chi connectivity index (χ0n) is 9.66. The van der Waals surface area contributed by atoms with Crippen LogP contribution in [0.25, 0.3) is 0 Å². The number of carbonyl (C=O) groups is 1. The number of rotatable bonds is 3. The predicted octanol–water partition coefficient (Wildman–Crippen LogP) is 2.85. The van der Waals surface area contributed by atoms with Gasteiger partial charge in [-0.15, -0.1) is 0 Å². The molecule has 16 heavy (non-hydrogen) atoms. The standard InChI is InChI=1S/C13H16ClNO/c1-3-15(2)12(16)13(7-8-13)10-5-4-6-11(14)9-10/h4-6,9H,3,7-8H2,1-2H3. The van der Waals surface area contributed by atoms with E-state index >= 15 is 0 Å². The summed E-state index contributed by atoms with van der Waals surface area (Å²) in [6, 6.07) is 7.67. The largest absolute Gasteiger partial charge is 0.345 e. The van der Waals surface area contributed by atoms with E-state index in [-0.39, 0.29) is 11.3 Å². The van der Waals surface area contributed by atoms with Crippen LogP contribution in [-0.4, -0.2) is 24.4 Å². The first-order valence-corrected chi connectivity index (χ1v) is 5.99. The first-order valence-electron chi connectivity index (χ1n) is 5.62. The normalized spacial score (nSPS) is 16.9. The Hall–Kier alpha value is -1.02. The lowest BCUT2D eigenvalue weighted by molar-refractivity contribution is -0.132. The van der Waals surface area contributed by atoms with Gasteiger partial charge >= 0.3 is 0 Å². The number of likely N-dealkylation sites (N-methyl/N-ethyl adjacent to an activating group) is 1. The third-order valence-corrected chi connectivity index (χ3v) is 3.59. The van der Waals surface area contributed by atoms with Gasteiger partial charge in [0.15, 0.2) is 0 Å². The number of hydrogen-bond acceptors (Lipinski definition) is 1. The quantitative estimate of drug-likeness (QED) is 0.792. The van der Waals surface area contributed by atoms with E-state index in [2.05, 4.69) is 0 Å². The molecule has 0 atom stereocenters. The highest BCUT2D eigenvalue weighted by Crippen LogP contribution is 2.49. The minimum Gasteiger partial charge on any atom is -0.345 e. The van der Waals surface area contributed by atoms with E-state index in [1.54, 1.807) is 4.90 Å². The first kappa shape index (κ1) is 11.5. The minimum atomic E-state index is -0.282. The number of hydrogen-bond donors (Lipinski definition) is 0. The molecule has 1 amide bonds. The van der Waals surface area contributed by atoms with Crippen molar-refractivity contribution in [1.29, 1.82) is 0 Å². The van der Waals surface area contributed by atoms with Gasteiger partial charge in [-0.1, -0.05) is 23.7 Å². The van der Waals surface area contributed by atoms with Crippen molar-refractivity contribution in [2.75, 3.05) is 13.6 Å². The van der Waals surface area contributed by atoms with Crippen molar-refractivity contribution >= 4 is 17.5 Å². The Morgan fingerprint density at radius 1 is 1.50 bits per heavy atom. The summed E-state index contributed by atoms with van der Waals surface area (Å²) in [6.07, 6.45) is 1.88. The van der Waals surface area contributed by atoms with Crippen LogP contribution in [-0.2, 0) is 10.2 Å². The van der Waals surface area contributed by atoms with Crippen molar-refractivity contribution in [3.63, 3.8) is 0 Å². The molecule has 0 aliphatic heterocycles. The van der Waals surface area contributed by atoms with Crippen LogP contribution in [0.3, 0.4) is 0 Å². The Balaban J connectivity index is 2.30. The number of halogens is 1.